The second-order valence-electron chi connectivity index (χ2n) is 5.38. The van der Waals surface area contributed by atoms with Gasteiger partial charge in [-0.2, -0.15) is 0 Å². The normalized spacial score (nSPS) is 17.4. The van der Waals surface area contributed by atoms with Gasteiger partial charge in [0.25, 0.3) is 0 Å². The van der Waals surface area contributed by atoms with Crippen LogP contribution in [0.5, 0.6) is 0 Å². The van der Waals surface area contributed by atoms with Gasteiger partial charge >= 0.3 is 0 Å². The van der Waals surface area contributed by atoms with Crippen LogP contribution in [0.4, 0.5) is 4.39 Å². The molecule has 2 rings (SSSR count). The van der Waals surface area contributed by atoms with Crippen LogP contribution in [0.15, 0.2) is 24.3 Å². The Balaban J connectivity index is 0.00000200. The van der Waals surface area contributed by atoms with Gasteiger partial charge in [0.15, 0.2) is 0 Å². The van der Waals surface area contributed by atoms with Gasteiger partial charge in [-0.1, -0.05) is 12.1 Å². The Morgan fingerprint density at radius 2 is 1.90 bits per heavy atom. The summed E-state index contributed by atoms with van der Waals surface area (Å²) >= 11 is 0. The Labute approximate surface area is 125 Å². The first-order valence-electron chi connectivity index (χ1n) is 6.84. The highest BCUT2D eigenvalue weighted by molar-refractivity contribution is 5.85. The summed E-state index contributed by atoms with van der Waals surface area (Å²) in [7, 11) is 0. The zero-order chi connectivity index (χ0) is 13.8. The first kappa shape index (κ1) is 16.9. The average Bonchev–Trinajstić information content (AvgIpc) is 2.41. The maximum Gasteiger partial charge on any atom is 0.226 e. The van der Waals surface area contributed by atoms with E-state index in [1.165, 1.54) is 12.1 Å². The van der Waals surface area contributed by atoms with Crippen LogP contribution in [0, 0.1) is 11.7 Å². The van der Waals surface area contributed by atoms with Crippen molar-refractivity contribution in [2.24, 2.45) is 11.7 Å². The fraction of sp³-hybridized carbons (Fsp3) is 0.533. The molecule has 2 N–H and O–H groups in total. The zero-order valence-electron chi connectivity index (χ0n) is 11.7. The number of amides is 1. The molecule has 0 bridgehead atoms. The third-order valence-corrected chi connectivity index (χ3v) is 3.90. The maximum absolute atomic E-state index is 12.8. The fourth-order valence-corrected chi connectivity index (χ4v) is 2.56. The van der Waals surface area contributed by atoms with E-state index in [2.05, 4.69) is 0 Å². The van der Waals surface area contributed by atoms with Crippen molar-refractivity contribution in [3.8, 4) is 0 Å². The summed E-state index contributed by atoms with van der Waals surface area (Å²) in [5.41, 5.74) is 6.75. The summed E-state index contributed by atoms with van der Waals surface area (Å²) in [6, 6.07) is 6.33. The van der Waals surface area contributed by atoms with Crippen molar-refractivity contribution in [2.45, 2.75) is 32.2 Å². The lowest BCUT2D eigenvalue weighted by molar-refractivity contribution is -0.131. The Bertz CT molecular complexity index is 428. The van der Waals surface area contributed by atoms with Gasteiger partial charge in [0.2, 0.25) is 5.91 Å². The molecule has 1 amide bonds. The maximum atomic E-state index is 12.8. The second-order valence-corrected chi connectivity index (χ2v) is 5.38. The summed E-state index contributed by atoms with van der Waals surface area (Å²) in [4.78, 5) is 14.0. The number of carbonyl (C=O) groups is 1. The minimum atomic E-state index is -0.269. The van der Waals surface area contributed by atoms with Gasteiger partial charge in [-0.3, -0.25) is 4.79 Å². The molecule has 1 aromatic rings. The topological polar surface area (TPSA) is 46.3 Å². The van der Waals surface area contributed by atoms with Crippen molar-refractivity contribution in [3.05, 3.63) is 35.6 Å². The molecule has 1 saturated heterocycles. The van der Waals surface area contributed by atoms with E-state index >= 15 is 0 Å². The van der Waals surface area contributed by atoms with Gasteiger partial charge in [0.05, 0.1) is 6.42 Å². The van der Waals surface area contributed by atoms with E-state index in [-0.39, 0.29) is 30.2 Å². The van der Waals surface area contributed by atoms with Crippen molar-refractivity contribution in [1.29, 1.82) is 0 Å². The van der Waals surface area contributed by atoms with Gasteiger partial charge in [-0.15, -0.1) is 12.4 Å². The Kier molecular flexibility index (Phi) is 6.43. The standard InChI is InChI=1S/C15H21FN2O.ClH/c1-11(17)13-6-8-18(9-7-13)15(19)10-12-2-4-14(16)5-3-12;/h2-5,11,13H,6-10,17H2,1H3;1H. The van der Waals surface area contributed by atoms with E-state index in [0.717, 1.165) is 31.5 Å². The molecule has 1 atom stereocenters. The number of piperidine rings is 1. The van der Waals surface area contributed by atoms with Gasteiger partial charge in [-0.25, -0.2) is 4.39 Å². The van der Waals surface area contributed by atoms with Gasteiger partial charge in [0.1, 0.15) is 5.82 Å². The molecule has 3 nitrogen and oxygen atoms in total. The number of hydrogen-bond donors (Lipinski definition) is 1. The molecule has 1 unspecified atom stereocenters. The van der Waals surface area contributed by atoms with Crippen LogP contribution >= 0.6 is 12.4 Å². The fourth-order valence-electron chi connectivity index (χ4n) is 2.56. The van der Waals surface area contributed by atoms with E-state index in [4.69, 9.17) is 5.73 Å². The molecule has 0 spiro atoms. The lowest BCUT2D eigenvalue weighted by atomic mass is 9.91. The van der Waals surface area contributed by atoms with Gasteiger partial charge in [-0.05, 0) is 43.4 Å². The first-order valence-corrected chi connectivity index (χ1v) is 6.84. The van der Waals surface area contributed by atoms with Crippen molar-refractivity contribution >= 4 is 18.3 Å². The van der Waals surface area contributed by atoms with Crippen molar-refractivity contribution < 1.29 is 9.18 Å². The van der Waals surface area contributed by atoms with E-state index in [1.54, 1.807) is 12.1 Å². The van der Waals surface area contributed by atoms with Crippen LogP contribution in [-0.4, -0.2) is 29.9 Å². The van der Waals surface area contributed by atoms with E-state index in [9.17, 15) is 9.18 Å². The number of rotatable bonds is 3. The summed E-state index contributed by atoms with van der Waals surface area (Å²) in [6.07, 6.45) is 2.31. The number of hydrogen-bond acceptors (Lipinski definition) is 2. The van der Waals surface area contributed by atoms with E-state index < -0.39 is 0 Å². The number of nitrogens with two attached hydrogens (primary N) is 1. The lowest BCUT2D eigenvalue weighted by Gasteiger charge is -2.33. The van der Waals surface area contributed by atoms with E-state index in [0.29, 0.717) is 12.3 Å². The third-order valence-electron chi connectivity index (χ3n) is 3.90. The first-order chi connectivity index (χ1) is 9.06. The minimum absolute atomic E-state index is 0. The van der Waals surface area contributed by atoms with Crippen LogP contribution in [0.25, 0.3) is 0 Å². The molecule has 1 fully saturated rings. The molecule has 1 aliphatic rings. The molecular weight excluding hydrogens is 279 g/mol. The number of likely N-dealkylation sites (tertiary alicyclic amines) is 1. The highest BCUT2D eigenvalue weighted by Crippen LogP contribution is 2.20. The minimum Gasteiger partial charge on any atom is -0.342 e. The quantitative estimate of drug-likeness (QED) is 0.931. The number of carbonyl (C=O) groups excluding carboxylic acids is 1. The van der Waals surface area contributed by atoms with Gasteiger partial charge < -0.3 is 10.6 Å². The molecule has 112 valence electrons. The Hall–Kier alpha value is -1.13. The molecule has 0 saturated carbocycles. The molecular formula is C15H22ClFN2O. The third kappa shape index (κ3) is 4.46. The second kappa shape index (κ2) is 7.60. The summed E-state index contributed by atoms with van der Waals surface area (Å²) in [5.74, 6) is 0.374. The molecule has 20 heavy (non-hydrogen) atoms. The predicted octanol–water partition coefficient (Wildman–Crippen LogP) is 2.38. The van der Waals surface area contributed by atoms with Crippen LogP contribution in [-0.2, 0) is 11.2 Å². The van der Waals surface area contributed by atoms with Crippen molar-refractivity contribution in [2.75, 3.05) is 13.1 Å². The Morgan fingerprint density at radius 3 is 2.40 bits per heavy atom. The summed E-state index contributed by atoms with van der Waals surface area (Å²) in [5, 5.41) is 0. The zero-order valence-corrected chi connectivity index (χ0v) is 12.5. The molecule has 0 aromatic heterocycles. The SMILES string of the molecule is CC(N)C1CCN(C(=O)Cc2ccc(F)cc2)CC1.Cl. The van der Waals surface area contributed by atoms with E-state index in [1.807, 2.05) is 11.8 Å². The highest BCUT2D eigenvalue weighted by atomic mass is 35.5. The van der Waals surface area contributed by atoms with Crippen LogP contribution < -0.4 is 5.73 Å². The molecule has 0 aliphatic carbocycles. The molecule has 1 aliphatic heterocycles. The van der Waals surface area contributed by atoms with Gasteiger partial charge in [0, 0.05) is 19.1 Å². The predicted molar refractivity (Wildman–Crippen MR) is 80.3 cm³/mol. The average molecular weight is 301 g/mol. The number of benzene rings is 1. The number of halogens is 2. The molecule has 5 heteroatoms. The van der Waals surface area contributed by atoms with Crippen LogP contribution in [0.3, 0.4) is 0 Å². The summed E-state index contributed by atoms with van der Waals surface area (Å²) < 4.78 is 12.8. The van der Waals surface area contributed by atoms with Crippen molar-refractivity contribution in [1.82, 2.24) is 4.90 Å². The monoisotopic (exact) mass is 300 g/mol. The molecule has 1 aromatic carbocycles. The largest absolute Gasteiger partial charge is 0.342 e. The van der Waals surface area contributed by atoms with Crippen molar-refractivity contribution in [3.63, 3.8) is 0 Å². The lowest BCUT2D eigenvalue weighted by Crippen LogP contribution is -2.43. The number of nitrogens with zero attached hydrogens (tertiary/aromatic N) is 1. The van der Waals surface area contributed by atoms with Crippen LogP contribution in [0.2, 0.25) is 0 Å². The Morgan fingerprint density at radius 1 is 1.35 bits per heavy atom. The smallest absolute Gasteiger partial charge is 0.226 e. The molecule has 1 heterocycles. The highest BCUT2D eigenvalue weighted by Gasteiger charge is 2.24. The molecule has 0 radical (unpaired) electrons. The van der Waals surface area contributed by atoms with Crippen LogP contribution in [0.1, 0.15) is 25.3 Å². The summed E-state index contributed by atoms with van der Waals surface area (Å²) in [6.45, 7) is 3.60.